The van der Waals surface area contributed by atoms with Gasteiger partial charge in [-0.25, -0.2) is 0 Å². The number of quaternary nitrogens is 1. The van der Waals surface area contributed by atoms with Crippen LogP contribution in [0.2, 0.25) is 0 Å². The molecule has 0 amide bonds. The standard InChI is InChI=1S/C21H41NO2.ClH/c1-3-5-6-7-8-9-10-11-12-13-14-15-16-17-18-19-21(23)24-20(22)4-2;/h11-12,20H,3-10,13-19,22H2,1-2H3;1H. The van der Waals surface area contributed by atoms with Crippen molar-refractivity contribution in [2.75, 3.05) is 0 Å². The van der Waals surface area contributed by atoms with Crippen LogP contribution in [0.4, 0.5) is 0 Å². The van der Waals surface area contributed by atoms with Crippen molar-refractivity contribution in [3.63, 3.8) is 0 Å². The van der Waals surface area contributed by atoms with E-state index in [0.717, 1.165) is 19.3 Å². The SMILES string of the molecule is CCCCCCCCC=CCCCCCCCC(=O)OC([NH3+])CC.[Cl-]. The highest BCUT2D eigenvalue weighted by atomic mass is 35.5. The van der Waals surface area contributed by atoms with Crippen LogP contribution in [0.25, 0.3) is 0 Å². The second-order valence-corrected chi connectivity index (χ2v) is 6.85. The Morgan fingerprint density at radius 2 is 1.32 bits per heavy atom. The molecule has 25 heavy (non-hydrogen) atoms. The van der Waals surface area contributed by atoms with Crippen molar-refractivity contribution in [2.24, 2.45) is 0 Å². The molecule has 0 spiro atoms. The average Bonchev–Trinajstić information content (AvgIpc) is 2.58. The molecule has 3 nitrogen and oxygen atoms in total. The van der Waals surface area contributed by atoms with Crippen LogP contribution >= 0.6 is 0 Å². The van der Waals surface area contributed by atoms with Crippen molar-refractivity contribution >= 4 is 5.97 Å². The molecule has 0 heterocycles. The van der Waals surface area contributed by atoms with Gasteiger partial charge in [-0.05, 0) is 32.1 Å². The minimum absolute atomic E-state index is 0. The fourth-order valence-electron chi connectivity index (χ4n) is 2.67. The summed E-state index contributed by atoms with van der Waals surface area (Å²) in [7, 11) is 0. The van der Waals surface area contributed by atoms with Crippen LogP contribution in [0.5, 0.6) is 0 Å². The Hall–Kier alpha value is -0.540. The highest BCUT2D eigenvalue weighted by Crippen LogP contribution is 2.10. The van der Waals surface area contributed by atoms with Gasteiger partial charge in [-0.15, -0.1) is 0 Å². The first kappa shape index (κ1) is 26.7. The van der Waals surface area contributed by atoms with E-state index in [1.54, 1.807) is 0 Å². The predicted molar refractivity (Wildman–Crippen MR) is 103 cm³/mol. The van der Waals surface area contributed by atoms with E-state index in [2.05, 4.69) is 24.8 Å². The number of halogens is 1. The van der Waals surface area contributed by atoms with Crippen LogP contribution in [0, 0.1) is 0 Å². The maximum absolute atomic E-state index is 11.5. The van der Waals surface area contributed by atoms with E-state index < -0.39 is 0 Å². The topological polar surface area (TPSA) is 53.9 Å². The third-order valence-electron chi connectivity index (χ3n) is 4.40. The van der Waals surface area contributed by atoms with Crippen LogP contribution in [-0.4, -0.2) is 12.2 Å². The van der Waals surface area contributed by atoms with Gasteiger partial charge in [-0.2, -0.15) is 0 Å². The quantitative estimate of drug-likeness (QED) is 0.184. The summed E-state index contributed by atoms with van der Waals surface area (Å²) in [5.41, 5.74) is 3.77. The first-order valence-corrected chi connectivity index (χ1v) is 10.4. The second kappa shape index (κ2) is 21.5. The first-order chi connectivity index (χ1) is 11.7. The summed E-state index contributed by atoms with van der Waals surface area (Å²) >= 11 is 0. The minimum atomic E-state index is -0.180. The molecule has 0 aromatic rings. The Morgan fingerprint density at radius 3 is 1.84 bits per heavy atom. The number of hydrogen-bond donors (Lipinski definition) is 1. The summed E-state index contributed by atoms with van der Waals surface area (Å²) in [6, 6.07) is 0. The van der Waals surface area contributed by atoms with Crippen molar-refractivity contribution in [1.82, 2.24) is 0 Å². The van der Waals surface area contributed by atoms with Crippen LogP contribution < -0.4 is 18.1 Å². The maximum atomic E-state index is 11.5. The van der Waals surface area contributed by atoms with Gasteiger partial charge in [0.15, 0.2) is 0 Å². The molecule has 0 rings (SSSR count). The third kappa shape index (κ3) is 21.4. The molecule has 4 heteroatoms. The number of rotatable bonds is 17. The maximum Gasteiger partial charge on any atom is 0.310 e. The smallest absolute Gasteiger partial charge is 0.310 e. The lowest BCUT2D eigenvalue weighted by atomic mass is 10.1. The van der Waals surface area contributed by atoms with Crippen LogP contribution in [0.15, 0.2) is 12.2 Å². The molecule has 1 unspecified atom stereocenters. The van der Waals surface area contributed by atoms with Gasteiger partial charge in [0.1, 0.15) is 0 Å². The molecule has 0 fully saturated rings. The highest BCUT2D eigenvalue weighted by molar-refractivity contribution is 5.69. The number of esters is 1. The van der Waals surface area contributed by atoms with E-state index >= 15 is 0 Å². The number of hydrogen-bond acceptors (Lipinski definition) is 2. The molecule has 0 aliphatic carbocycles. The van der Waals surface area contributed by atoms with E-state index in [1.165, 1.54) is 70.6 Å². The van der Waals surface area contributed by atoms with E-state index in [4.69, 9.17) is 4.74 Å². The monoisotopic (exact) mass is 375 g/mol. The van der Waals surface area contributed by atoms with Gasteiger partial charge in [0.2, 0.25) is 6.23 Å². The summed E-state index contributed by atoms with van der Waals surface area (Å²) in [4.78, 5) is 11.5. The largest absolute Gasteiger partial charge is 1.00 e. The zero-order valence-electron chi connectivity index (χ0n) is 16.7. The summed E-state index contributed by atoms with van der Waals surface area (Å²) in [6.45, 7) is 4.25. The molecule has 0 saturated carbocycles. The number of carbonyl (C=O) groups excluding carboxylic acids is 1. The fraction of sp³-hybridized carbons (Fsp3) is 0.857. The molecular weight excluding hydrogens is 334 g/mol. The molecule has 1 atom stereocenters. The summed E-state index contributed by atoms with van der Waals surface area (Å²) in [5, 5.41) is 0. The summed E-state index contributed by atoms with van der Waals surface area (Å²) in [5.74, 6) is -0.0884. The summed E-state index contributed by atoms with van der Waals surface area (Å²) in [6.07, 6.45) is 22.4. The molecule has 0 aromatic heterocycles. The molecule has 0 aliphatic heterocycles. The third-order valence-corrected chi connectivity index (χ3v) is 4.40. The Labute approximate surface area is 162 Å². The van der Waals surface area contributed by atoms with Gasteiger partial charge in [0.25, 0.3) is 0 Å². The van der Waals surface area contributed by atoms with Gasteiger partial charge in [0.05, 0.1) is 0 Å². The zero-order chi connectivity index (χ0) is 17.9. The van der Waals surface area contributed by atoms with Crippen molar-refractivity contribution in [3.8, 4) is 0 Å². The van der Waals surface area contributed by atoms with Gasteiger partial charge < -0.3 is 22.9 Å². The zero-order valence-corrected chi connectivity index (χ0v) is 17.5. The second-order valence-electron chi connectivity index (χ2n) is 6.85. The van der Waals surface area contributed by atoms with Gasteiger partial charge in [0, 0.05) is 12.8 Å². The normalized spacial score (nSPS) is 12.1. The number of allylic oxidation sites excluding steroid dienone is 2. The Bertz CT molecular complexity index is 308. The lowest BCUT2D eigenvalue weighted by molar-refractivity contribution is -0.480. The number of ether oxygens (including phenoxy) is 1. The molecule has 0 aliphatic rings. The molecule has 3 N–H and O–H groups in total. The van der Waals surface area contributed by atoms with Crippen LogP contribution in [-0.2, 0) is 9.53 Å². The van der Waals surface area contributed by atoms with Gasteiger partial charge >= 0.3 is 5.97 Å². The summed E-state index contributed by atoms with van der Waals surface area (Å²) < 4.78 is 5.16. The Kier molecular flexibility index (Phi) is 23.0. The van der Waals surface area contributed by atoms with E-state index in [0.29, 0.717) is 6.42 Å². The number of carbonyl (C=O) groups is 1. The predicted octanol–water partition coefficient (Wildman–Crippen LogP) is 2.55. The van der Waals surface area contributed by atoms with Crippen molar-refractivity contribution in [1.29, 1.82) is 0 Å². The minimum Gasteiger partial charge on any atom is -1.00 e. The molecule has 150 valence electrons. The molecule has 0 radical (unpaired) electrons. The van der Waals surface area contributed by atoms with Crippen LogP contribution in [0.1, 0.15) is 110 Å². The van der Waals surface area contributed by atoms with Crippen molar-refractivity contribution < 1.29 is 27.7 Å². The number of unbranched alkanes of at least 4 members (excludes halogenated alkanes) is 11. The highest BCUT2D eigenvalue weighted by Gasteiger charge is 2.09. The van der Waals surface area contributed by atoms with Crippen molar-refractivity contribution in [3.05, 3.63) is 12.2 Å². The molecular formula is C21H42ClNO2. The van der Waals surface area contributed by atoms with E-state index in [9.17, 15) is 4.79 Å². The van der Waals surface area contributed by atoms with Crippen molar-refractivity contribution in [2.45, 2.75) is 116 Å². The Morgan fingerprint density at radius 1 is 0.840 bits per heavy atom. The van der Waals surface area contributed by atoms with E-state index in [1.807, 2.05) is 6.92 Å². The first-order valence-electron chi connectivity index (χ1n) is 10.4. The lowest BCUT2D eigenvalue weighted by Gasteiger charge is -2.07. The van der Waals surface area contributed by atoms with Gasteiger partial charge in [-0.1, -0.05) is 77.4 Å². The average molecular weight is 376 g/mol. The van der Waals surface area contributed by atoms with Crippen LogP contribution in [0.3, 0.4) is 0 Å². The van der Waals surface area contributed by atoms with E-state index in [-0.39, 0.29) is 24.6 Å². The molecule has 0 aromatic carbocycles. The fourth-order valence-corrected chi connectivity index (χ4v) is 2.67. The molecule has 0 saturated heterocycles. The van der Waals surface area contributed by atoms with Gasteiger partial charge in [-0.3, -0.25) is 4.79 Å². The Balaban J connectivity index is 0. The molecule has 0 bridgehead atoms. The lowest BCUT2D eigenvalue weighted by Crippen LogP contribution is -3.00.